The molecule has 0 fully saturated rings. The van der Waals surface area contributed by atoms with Gasteiger partial charge in [0.2, 0.25) is 0 Å². The SMILES string of the molecule is CCN(CC)CCCC(C)Nc1cnc(N)cn1. The van der Waals surface area contributed by atoms with Crippen LogP contribution in [-0.4, -0.2) is 40.5 Å². The van der Waals surface area contributed by atoms with Gasteiger partial charge < -0.3 is 16.0 Å². The Morgan fingerprint density at radius 2 is 2.00 bits per heavy atom. The van der Waals surface area contributed by atoms with E-state index in [9.17, 15) is 0 Å². The van der Waals surface area contributed by atoms with Gasteiger partial charge in [-0.15, -0.1) is 0 Å². The van der Waals surface area contributed by atoms with Gasteiger partial charge in [-0.05, 0) is 39.4 Å². The smallest absolute Gasteiger partial charge is 0.144 e. The standard InChI is InChI=1S/C13H25N5/c1-4-18(5-2)8-6-7-11(3)17-13-10-15-12(14)9-16-13/h9-11H,4-8H2,1-3H3,(H2,14,15)(H,16,17). The molecule has 0 bridgehead atoms. The summed E-state index contributed by atoms with van der Waals surface area (Å²) in [6.45, 7) is 9.99. The highest BCUT2D eigenvalue weighted by Crippen LogP contribution is 2.07. The number of aromatic nitrogens is 2. The highest BCUT2D eigenvalue weighted by Gasteiger charge is 2.05. The number of nitrogens with one attached hydrogen (secondary N) is 1. The van der Waals surface area contributed by atoms with E-state index in [1.807, 2.05) is 0 Å². The van der Waals surface area contributed by atoms with Crippen molar-refractivity contribution in [2.45, 2.75) is 39.7 Å². The van der Waals surface area contributed by atoms with Crippen LogP contribution in [0.2, 0.25) is 0 Å². The average molecular weight is 251 g/mol. The first-order valence-electron chi connectivity index (χ1n) is 6.72. The Hall–Kier alpha value is -1.36. The van der Waals surface area contributed by atoms with Crippen molar-refractivity contribution < 1.29 is 0 Å². The Kier molecular flexibility index (Phi) is 6.43. The third-order valence-electron chi connectivity index (χ3n) is 3.07. The number of hydrogen-bond donors (Lipinski definition) is 2. The Morgan fingerprint density at radius 3 is 2.56 bits per heavy atom. The van der Waals surface area contributed by atoms with E-state index >= 15 is 0 Å². The molecule has 1 atom stereocenters. The lowest BCUT2D eigenvalue weighted by atomic mass is 10.2. The minimum absolute atomic E-state index is 0.401. The molecule has 1 rings (SSSR count). The molecule has 1 heterocycles. The van der Waals surface area contributed by atoms with Gasteiger partial charge in [-0.1, -0.05) is 13.8 Å². The van der Waals surface area contributed by atoms with E-state index < -0.39 is 0 Å². The fraction of sp³-hybridized carbons (Fsp3) is 0.692. The molecule has 0 aliphatic heterocycles. The molecule has 0 radical (unpaired) electrons. The second-order valence-electron chi connectivity index (χ2n) is 4.54. The molecule has 18 heavy (non-hydrogen) atoms. The molecular formula is C13H25N5. The van der Waals surface area contributed by atoms with Gasteiger partial charge in [0.05, 0.1) is 12.4 Å². The monoisotopic (exact) mass is 251 g/mol. The molecule has 1 aromatic rings. The van der Waals surface area contributed by atoms with Crippen molar-refractivity contribution in [1.29, 1.82) is 0 Å². The zero-order valence-electron chi connectivity index (χ0n) is 11.7. The zero-order chi connectivity index (χ0) is 13.4. The fourth-order valence-corrected chi connectivity index (χ4v) is 1.90. The molecule has 1 unspecified atom stereocenters. The maximum Gasteiger partial charge on any atom is 0.144 e. The predicted octanol–water partition coefficient (Wildman–Crippen LogP) is 1.98. The van der Waals surface area contributed by atoms with E-state index in [4.69, 9.17) is 5.73 Å². The minimum Gasteiger partial charge on any atom is -0.382 e. The first-order chi connectivity index (χ1) is 8.65. The Labute approximate surface area is 110 Å². The average Bonchev–Trinajstić information content (AvgIpc) is 2.37. The molecule has 1 aromatic heterocycles. The lowest BCUT2D eigenvalue weighted by Gasteiger charge is -2.19. The second-order valence-corrected chi connectivity index (χ2v) is 4.54. The van der Waals surface area contributed by atoms with Crippen LogP contribution in [0.3, 0.4) is 0 Å². The van der Waals surface area contributed by atoms with Crippen LogP contribution in [-0.2, 0) is 0 Å². The number of nitrogens with two attached hydrogens (primary N) is 1. The van der Waals surface area contributed by atoms with E-state index in [0.717, 1.165) is 31.9 Å². The van der Waals surface area contributed by atoms with Gasteiger partial charge in [0.25, 0.3) is 0 Å². The zero-order valence-corrected chi connectivity index (χ0v) is 11.7. The summed E-state index contributed by atoms with van der Waals surface area (Å²) in [7, 11) is 0. The molecule has 5 nitrogen and oxygen atoms in total. The molecule has 0 saturated carbocycles. The summed E-state index contributed by atoms with van der Waals surface area (Å²) in [6, 6.07) is 0.401. The number of nitrogen functional groups attached to an aromatic ring is 1. The summed E-state index contributed by atoms with van der Waals surface area (Å²) in [5, 5.41) is 3.33. The minimum atomic E-state index is 0.401. The van der Waals surface area contributed by atoms with Crippen LogP contribution in [0.5, 0.6) is 0 Å². The van der Waals surface area contributed by atoms with E-state index in [1.54, 1.807) is 12.4 Å². The van der Waals surface area contributed by atoms with Gasteiger partial charge in [-0.3, -0.25) is 0 Å². The third-order valence-corrected chi connectivity index (χ3v) is 3.07. The van der Waals surface area contributed by atoms with Crippen LogP contribution in [0.15, 0.2) is 12.4 Å². The maximum absolute atomic E-state index is 5.49. The molecule has 102 valence electrons. The molecule has 0 spiro atoms. The van der Waals surface area contributed by atoms with Crippen LogP contribution in [0.25, 0.3) is 0 Å². The molecule has 3 N–H and O–H groups in total. The van der Waals surface area contributed by atoms with E-state index in [2.05, 4.69) is 41.0 Å². The lowest BCUT2D eigenvalue weighted by molar-refractivity contribution is 0.295. The van der Waals surface area contributed by atoms with Crippen molar-refractivity contribution >= 4 is 11.6 Å². The van der Waals surface area contributed by atoms with Crippen molar-refractivity contribution in [3.63, 3.8) is 0 Å². The van der Waals surface area contributed by atoms with Gasteiger partial charge in [-0.2, -0.15) is 0 Å². The number of hydrogen-bond acceptors (Lipinski definition) is 5. The summed E-state index contributed by atoms with van der Waals surface area (Å²) >= 11 is 0. The molecular weight excluding hydrogens is 226 g/mol. The lowest BCUT2D eigenvalue weighted by Crippen LogP contribution is -2.25. The molecule has 0 amide bonds. The number of rotatable bonds is 8. The molecule has 0 saturated heterocycles. The van der Waals surface area contributed by atoms with Crippen LogP contribution in [0, 0.1) is 0 Å². The normalized spacial score (nSPS) is 12.7. The van der Waals surface area contributed by atoms with Crippen molar-refractivity contribution in [1.82, 2.24) is 14.9 Å². The van der Waals surface area contributed by atoms with Gasteiger partial charge in [0.15, 0.2) is 0 Å². The topological polar surface area (TPSA) is 67.1 Å². The maximum atomic E-state index is 5.49. The van der Waals surface area contributed by atoms with Crippen LogP contribution >= 0.6 is 0 Å². The summed E-state index contributed by atoms with van der Waals surface area (Å²) in [6.07, 6.45) is 5.57. The number of anilines is 2. The van der Waals surface area contributed by atoms with Gasteiger partial charge >= 0.3 is 0 Å². The Balaban J connectivity index is 2.25. The van der Waals surface area contributed by atoms with Crippen LogP contribution < -0.4 is 11.1 Å². The quantitative estimate of drug-likeness (QED) is 0.739. The van der Waals surface area contributed by atoms with Crippen molar-refractivity contribution in [2.24, 2.45) is 0 Å². The highest BCUT2D eigenvalue weighted by molar-refractivity contribution is 5.36. The Morgan fingerprint density at radius 1 is 1.28 bits per heavy atom. The summed E-state index contributed by atoms with van der Waals surface area (Å²) in [4.78, 5) is 10.6. The van der Waals surface area contributed by atoms with E-state index in [-0.39, 0.29) is 0 Å². The van der Waals surface area contributed by atoms with Crippen molar-refractivity contribution in [3.05, 3.63) is 12.4 Å². The van der Waals surface area contributed by atoms with E-state index in [1.165, 1.54) is 6.42 Å². The van der Waals surface area contributed by atoms with Crippen molar-refractivity contribution in [3.8, 4) is 0 Å². The highest BCUT2D eigenvalue weighted by atomic mass is 15.1. The van der Waals surface area contributed by atoms with Crippen LogP contribution in [0.4, 0.5) is 11.6 Å². The van der Waals surface area contributed by atoms with E-state index in [0.29, 0.717) is 11.9 Å². The first kappa shape index (κ1) is 14.7. The summed E-state index contributed by atoms with van der Waals surface area (Å²) in [5.74, 6) is 1.24. The molecule has 0 aliphatic carbocycles. The van der Waals surface area contributed by atoms with Gasteiger partial charge in [0.1, 0.15) is 11.6 Å². The van der Waals surface area contributed by atoms with Gasteiger partial charge in [-0.25, -0.2) is 9.97 Å². The second kappa shape index (κ2) is 7.87. The third kappa shape index (κ3) is 5.31. The summed E-state index contributed by atoms with van der Waals surface area (Å²) < 4.78 is 0. The molecule has 5 heteroatoms. The molecule has 0 aromatic carbocycles. The Bertz CT molecular complexity index is 321. The first-order valence-corrected chi connectivity index (χ1v) is 6.72. The van der Waals surface area contributed by atoms with Gasteiger partial charge in [0, 0.05) is 6.04 Å². The fourth-order valence-electron chi connectivity index (χ4n) is 1.90. The number of nitrogens with zero attached hydrogens (tertiary/aromatic N) is 3. The van der Waals surface area contributed by atoms with Crippen molar-refractivity contribution in [2.75, 3.05) is 30.7 Å². The predicted molar refractivity (Wildman–Crippen MR) is 76.6 cm³/mol. The summed E-state index contributed by atoms with van der Waals surface area (Å²) in [5.41, 5.74) is 5.49. The van der Waals surface area contributed by atoms with Crippen LogP contribution in [0.1, 0.15) is 33.6 Å². The molecule has 0 aliphatic rings. The largest absolute Gasteiger partial charge is 0.382 e.